The predicted octanol–water partition coefficient (Wildman–Crippen LogP) is 4.83. The average molecular weight is 514 g/mol. The van der Waals surface area contributed by atoms with Gasteiger partial charge in [-0.1, -0.05) is 24.3 Å². The number of carbonyl (C=O) groups is 2. The van der Waals surface area contributed by atoms with E-state index in [2.05, 4.69) is 63.4 Å². The smallest absolute Gasteiger partial charge is 0.190 e. The van der Waals surface area contributed by atoms with E-state index in [1.807, 2.05) is 0 Å². The lowest BCUT2D eigenvalue weighted by molar-refractivity contribution is 0.0973. The van der Waals surface area contributed by atoms with Gasteiger partial charge in [0.05, 0.1) is 0 Å². The van der Waals surface area contributed by atoms with Gasteiger partial charge in [0.15, 0.2) is 11.6 Å². The Morgan fingerprint density at radius 2 is 1.41 bits per heavy atom. The van der Waals surface area contributed by atoms with Gasteiger partial charge in [0.25, 0.3) is 0 Å². The molecule has 2 aromatic rings. The Morgan fingerprint density at radius 1 is 0.864 bits per heavy atom. The third-order valence-corrected chi connectivity index (χ3v) is 5.03. The first-order chi connectivity index (χ1) is 10.5. The van der Waals surface area contributed by atoms with E-state index in [9.17, 15) is 9.59 Å². The number of fused-ring (bicyclic) bond motifs is 1. The number of carbonyl (C=O) groups excluding carboxylic acids is 2. The van der Waals surface area contributed by atoms with Crippen molar-refractivity contribution < 1.29 is 9.59 Å². The molecule has 0 bridgehead atoms. The largest absolute Gasteiger partial charge is 0.289 e. The number of rotatable bonds is 2. The lowest BCUT2D eigenvalue weighted by Crippen LogP contribution is -2.22. The molecular weight excluding hydrogens is 502 g/mol. The van der Waals surface area contributed by atoms with Crippen LogP contribution in [0.3, 0.4) is 0 Å². The molecule has 4 heteroatoms. The van der Waals surface area contributed by atoms with Crippen LogP contribution in [0.5, 0.6) is 0 Å². The average Bonchev–Trinajstić information content (AvgIpc) is 2.48. The second-order valence-electron chi connectivity index (χ2n) is 5.26. The molecule has 0 atom stereocenters. The SMILES string of the molecule is CC1=C(Cc2cc(I)cc(I)c2)C(=O)c2ccccc2C1=O. The third-order valence-electron chi connectivity index (χ3n) is 3.79. The van der Waals surface area contributed by atoms with Crippen molar-refractivity contribution in [3.8, 4) is 0 Å². The molecule has 0 radical (unpaired) electrons. The minimum atomic E-state index is -0.0366. The van der Waals surface area contributed by atoms with Crippen molar-refractivity contribution in [1.29, 1.82) is 0 Å². The Bertz CT molecular complexity index is 814. The first-order valence-corrected chi connectivity index (χ1v) is 8.96. The summed E-state index contributed by atoms with van der Waals surface area (Å²) in [5.74, 6) is -0.0629. The number of hydrogen-bond donors (Lipinski definition) is 0. The van der Waals surface area contributed by atoms with Crippen LogP contribution in [0.1, 0.15) is 33.2 Å². The highest BCUT2D eigenvalue weighted by atomic mass is 127. The van der Waals surface area contributed by atoms with Crippen molar-refractivity contribution in [3.05, 3.63) is 77.4 Å². The van der Waals surface area contributed by atoms with Crippen molar-refractivity contribution in [3.63, 3.8) is 0 Å². The zero-order chi connectivity index (χ0) is 15.9. The summed E-state index contributed by atoms with van der Waals surface area (Å²) < 4.78 is 2.26. The molecule has 0 N–H and O–H groups in total. The molecule has 0 spiro atoms. The Labute approximate surface area is 156 Å². The van der Waals surface area contributed by atoms with E-state index in [4.69, 9.17) is 0 Å². The van der Waals surface area contributed by atoms with Crippen molar-refractivity contribution in [2.24, 2.45) is 0 Å². The molecule has 1 aliphatic carbocycles. The number of hydrogen-bond acceptors (Lipinski definition) is 2. The molecule has 0 saturated heterocycles. The molecule has 0 heterocycles. The molecule has 2 nitrogen and oxygen atoms in total. The highest BCUT2D eigenvalue weighted by Crippen LogP contribution is 2.29. The van der Waals surface area contributed by atoms with E-state index in [1.54, 1.807) is 31.2 Å². The maximum atomic E-state index is 12.7. The number of halogens is 2. The molecule has 0 unspecified atom stereocenters. The van der Waals surface area contributed by atoms with Crippen molar-refractivity contribution in [2.75, 3.05) is 0 Å². The van der Waals surface area contributed by atoms with Crippen LogP contribution in [0.25, 0.3) is 0 Å². The molecule has 2 aromatic carbocycles. The highest BCUT2D eigenvalue weighted by Gasteiger charge is 2.29. The van der Waals surface area contributed by atoms with Crippen LogP contribution < -0.4 is 0 Å². The maximum Gasteiger partial charge on any atom is 0.190 e. The van der Waals surface area contributed by atoms with Gasteiger partial charge < -0.3 is 0 Å². The summed E-state index contributed by atoms with van der Waals surface area (Å²) in [4.78, 5) is 25.2. The second kappa shape index (κ2) is 6.23. The Hall–Kier alpha value is -1.02. The van der Waals surface area contributed by atoms with Crippen LogP contribution in [0, 0.1) is 7.14 Å². The van der Waals surface area contributed by atoms with Gasteiger partial charge in [-0.25, -0.2) is 0 Å². The number of benzene rings is 2. The minimum absolute atomic E-state index is 0.0263. The van der Waals surface area contributed by atoms with E-state index in [1.165, 1.54) is 0 Å². The van der Waals surface area contributed by atoms with E-state index in [0.29, 0.717) is 28.7 Å². The summed E-state index contributed by atoms with van der Waals surface area (Å²) in [6.45, 7) is 1.75. The summed E-state index contributed by atoms with van der Waals surface area (Å²) in [7, 11) is 0. The van der Waals surface area contributed by atoms with Gasteiger partial charge in [0, 0.05) is 35.8 Å². The van der Waals surface area contributed by atoms with Gasteiger partial charge in [-0.05, 0) is 75.9 Å². The van der Waals surface area contributed by atoms with Gasteiger partial charge in [0.2, 0.25) is 0 Å². The molecular formula is C18H12I2O2. The zero-order valence-electron chi connectivity index (χ0n) is 11.8. The quantitative estimate of drug-likeness (QED) is 0.539. The summed E-state index contributed by atoms with van der Waals surface area (Å²) >= 11 is 4.53. The highest BCUT2D eigenvalue weighted by molar-refractivity contribution is 14.1. The Balaban J connectivity index is 2.05. The van der Waals surface area contributed by atoms with Crippen molar-refractivity contribution >= 4 is 56.7 Å². The molecule has 0 amide bonds. The summed E-state index contributed by atoms with van der Waals surface area (Å²) in [6, 6.07) is 13.3. The number of ketones is 2. The molecule has 0 aromatic heterocycles. The van der Waals surface area contributed by atoms with Gasteiger partial charge >= 0.3 is 0 Å². The summed E-state index contributed by atoms with van der Waals surface area (Å²) in [6.07, 6.45) is 0.498. The number of allylic oxidation sites excluding steroid dienone is 2. The van der Waals surface area contributed by atoms with Gasteiger partial charge in [-0.15, -0.1) is 0 Å². The monoisotopic (exact) mass is 514 g/mol. The standard InChI is InChI=1S/C18H12I2O2/c1-10-16(8-11-6-12(19)9-13(20)7-11)18(22)15-5-3-2-4-14(15)17(10)21/h2-7,9H,8H2,1H3. The van der Waals surface area contributed by atoms with Crippen LogP contribution in [-0.2, 0) is 6.42 Å². The van der Waals surface area contributed by atoms with E-state index in [0.717, 1.165) is 12.7 Å². The molecule has 0 fully saturated rings. The van der Waals surface area contributed by atoms with Crippen molar-refractivity contribution in [2.45, 2.75) is 13.3 Å². The summed E-state index contributed by atoms with van der Waals surface area (Å²) in [5, 5.41) is 0. The Kier molecular flexibility index (Phi) is 4.49. The lowest BCUT2D eigenvalue weighted by atomic mass is 9.82. The fraction of sp³-hybridized carbons (Fsp3) is 0.111. The summed E-state index contributed by atoms with van der Waals surface area (Å²) in [5.41, 5.74) is 3.28. The van der Waals surface area contributed by atoms with Gasteiger partial charge in [0.1, 0.15) is 0 Å². The Morgan fingerprint density at radius 3 is 2.00 bits per heavy atom. The van der Waals surface area contributed by atoms with Gasteiger partial charge in [-0.3, -0.25) is 9.59 Å². The predicted molar refractivity (Wildman–Crippen MR) is 103 cm³/mol. The molecule has 22 heavy (non-hydrogen) atoms. The van der Waals surface area contributed by atoms with Crippen LogP contribution in [0.15, 0.2) is 53.6 Å². The fourth-order valence-corrected chi connectivity index (χ4v) is 4.75. The molecule has 110 valence electrons. The molecule has 0 aliphatic heterocycles. The third kappa shape index (κ3) is 2.90. The minimum Gasteiger partial charge on any atom is -0.289 e. The van der Waals surface area contributed by atoms with E-state index < -0.39 is 0 Å². The van der Waals surface area contributed by atoms with Gasteiger partial charge in [-0.2, -0.15) is 0 Å². The zero-order valence-corrected chi connectivity index (χ0v) is 16.1. The van der Waals surface area contributed by atoms with E-state index in [-0.39, 0.29) is 11.6 Å². The first kappa shape index (κ1) is 15.9. The van der Waals surface area contributed by atoms with Crippen LogP contribution in [0.4, 0.5) is 0 Å². The van der Waals surface area contributed by atoms with Crippen LogP contribution in [-0.4, -0.2) is 11.6 Å². The molecule has 1 aliphatic rings. The lowest BCUT2D eigenvalue weighted by Gasteiger charge is -2.19. The molecule has 3 rings (SSSR count). The van der Waals surface area contributed by atoms with Crippen molar-refractivity contribution in [1.82, 2.24) is 0 Å². The second-order valence-corrected chi connectivity index (χ2v) is 7.75. The molecule has 0 saturated carbocycles. The van der Waals surface area contributed by atoms with E-state index >= 15 is 0 Å². The van der Waals surface area contributed by atoms with Crippen LogP contribution in [0.2, 0.25) is 0 Å². The normalized spacial score (nSPS) is 14.3. The topological polar surface area (TPSA) is 34.1 Å². The first-order valence-electron chi connectivity index (χ1n) is 6.80. The number of Topliss-reactive ketones (excluding diaryl/α,β-unsaturated/α-hetero) is 2. The maximum absolute atomic E-state index is 12.7. The fourth-order valence-electron chi connectivity index (χ4n) is 2.68. The van der Waals surface area contributed by atoms with Crippen LogP contribution >= 0.6 is 45.2 Å².